The fraction of sp³-hybridized carbons (Fsp3) is 0. The number of halogens is 2. The number of non-ortho nitro benzene ring substituents is 1. The molecular weight excluding hydrogens is 417 g/mol. The van der Waals surface area contributed by atoms with Gasteiger partial charge in [0.15, 0.2) is 0 Å². The number of carbonyl (C=O) groups excluding carboxylic acids is 2. The second-order valence-corrected chi connectivity index (χ2v) is 6.76. The summed E-state index contributed by atoms with van der Waals surface area (Å²) in [5.41, 5.74) is 1.47. The summed E-state index contributed by atoms with van der Waals surface area (Å²) < 4.78 is 0. The van der Waals surface area contributed by atoms with E-state index in [9.17, 15) is 19.7 Å². The van der Waals surface area contributed by atoms with Crippen LogP contribution in [0.1, 0.15) is 20.7 Å². The van der Waals surface area contributed by atoms with Crippen molar-refractivity contribution in [1.82, 2.24) is 0 Å². The summed E-state index contributed by atoms with van der Waals surface area (Å²) in [5.74, 6) is -0.799. The van der Waals surface area contributed by atoms with Gasteiger partial charge in [0.1, 0.15) is 0 Å². The summed E-state index contributed by atoms with van der Waals surface area (Å²) in [7, 11) is 0. The number of anilines is 2. The first-order valence-electron chi connectivity index (χ1n) is 8.26. The fourth-order valence-electron chi connectivity index (χ4n) is 2.45. The average molecular weight is 430 g/mol. The first-order valence-corrected chi connectivity index (χ1v) is 9.01. The summed E-state index contributed by atoms with van der Waals surface area (Å²) >= 11 is 11.9. The van der Waals surface area contributed by atoms with E-state index in [-0.39, 0.29) is 16.3 Å². The Kier molecular flexibility index (Phi) is 6.11. The predicted molar refractivity (Wildman–Crippen MR) is 112 cm³/mol. The second-order valence-electron chi connectivity index (χ2n) is 5.91. The van der Waals surface area contributed by atoms with E-state index >= 15 is 0 Å². The van der Waals surface area contributed by atoms with E-state index < -0.39 is 16.7 Å². The van der Waals surface area contributed by atoms with Gasteiger partial charge in [0.2, 0.25) is 0 Å². The quantitative estimate of drug-likeness (QED) is 0.418. The molecule has 2 N–H and O–H groups in total. The molecule has 3 aromatic carbocycles. The van der Waals surface area contributed by atoms with E-state index in [1.165, 1.54) is 36.4 Å². The number of benzene rings is 3. The van der Waals surface area contributed by atoms with E-state index in [1.807, 2.05) is 0 Å². The Bertz CT molecular complexity index is 1080. The lowest BCUT2D eigenvalue weighted by molar-refractivity contribution is -0.384. The largest absolute Gasteiger partial charge is 0.322 e. The van der Waals surface area contributed by atoms with E-state index in [0.29, 0.717) is 22.0 Å². The number of nitro groups is 1. The molecule has 0 atom stereocenters. The summed E-state index contributed by atoms with van der Waals surface area (Å²) in [6, 6.07) is 16.3. The summed E-state index contributed by atoms with van der Waals surface area (Å²) in [6.45, 7) is 0. The minimum atomic E-state index is -0.518. The molecule has 0 saturated heterocycles. The number of nitro benzene ring substituents is 1. The highest BCUT2D eigenvalue weighted by molar-refractivity contribution is 6.37. The standard InChI is InChI=1S/C20H13Cl2N3O4/c21-13-3-10-17(18(22)11-13)20(27)24-14-4-1-12(2-5-14)19(26)23-15-6-8-16(9-7-15)25(28)29/h1-11H,(H,23,26)(H,24,27). The van der Waals surface area contributed by atoms with Crippen LogP contribution in [-0.2, 0) is 0 Å². The van der Waals surface area contributed by atoms with Crippen LogP contribution in [0, 0.1) is 10.1 Å². The SMILES string of the molecule is O=C(Nc1ccc([N+](=O)[O-])cc1)c1ccc(NC(=O)c2ccc(Cl)cc2Cl)cc1. The van der Waals surface area contributed by atoms with Gasteiger partial charge in [-0.2, -0.15) is 0 Å². The van der Waals surface area contributed by atoms with Crippen molar-refractivity contribution < 1.29 is 14.5 Å². The van der Waals surface area contributed by atoms with Crippen molar-refractivity contribution in [3.8, 4) is 0 Å². The van der Waals surface area contributed by atoms with E-state index in [0.717, 1.165) is 0 Å². The highest BCUT2D eigenvalue weighted by Crippen LogP contribution is 2.22. The summed E-state index contributed by atoms with van der Waals surface area (Å²) in [4.78, 5) is 34.8. The van der Waals surface area contributed by atoms with Gasteiger partial charge in [0, 0.05) is 34.1 Å². The molecule has 9 heteroatoms. The normalized spacial score (nSPS) is 10.3. The lowest BCUT2D eigenvalue weighted by Gasteiger charge is -2.09. The number of carbonyl (C=O) groups is 2. The van der Waals surface area contributed by atoms with Crippen LogP contribution in [0.5, 0.6) is 0 Å². The topological polar surface area (TPSA) is 101 Å². The van der Waals surface area contributed by atoms with Crippen molar-refractivity contribution in [3.05, 3.63) is 98.0 Å². The van der Waals surface area contributed by atoms with Crippen molar-refractivity contribution in [2.24, 2.45) is 0 Å². The third kappa shape index (κ3) is 5.10. The molecule has 0 aliphatic carbocycles. The van der Waals surface area contributed by atoms with Crippen LogP contribution in [0.3, 0.4) is 0 Å². The van der Waals surface area contributed by atoms with Gasteiger partial charge in [-0.15, -0.1) is 0 Å². The zero-order chi connectivity index (χ0) is 21.0. The van der Waals surface area contributed by atoms with Crippen LogP contribution in [0.2, 0.25) is 10.0 Å². The highest BCUT2D eigenvalue weighted by atomic mass is 35.5. The minimum absolute atomic E-state index is 0.0658. The van der Waals surface area contributed by atoms with Crippen LogP contribution < -0.4 is 10.6 Å². The molecule has 0 aliphatic heterocycles. The van der Waals surface area contributed by atoms with E-state index in [1.54, 1.807) is 30.3 Å². The molecule has 2 amide bonds. The number of hydrogen-bond acceptors (Lipinski definition) is 4. The van der Waals surface area contributed by atoms with Crippen LogP contribution in [0.15, 0.2) is 66.7 Å². The third-order valence-electron chi connectivity index (χ3n) is 3.92. The average Bonchev–Trinajstić information content (AvgIpc) is 2.68. The molecule has 3 aromatic rings. The molecule has 0 aliphatic rings. The lowest BCUT2D eigenvalue weighted by atomic mass is 10.1. The van der Waals surface area contributed by atoms with Crippen molar-refractivity contribution in [2.75, 3.05) is 10.6 Å². The smallest absolute Gasteiger partial charge is 0.269 e. The molecule has 3 rings (SSSR count). The van der Waals surface area contributed by atoms with Crippen molar-refractivity contribution in [3.63, 3.8) is 0 Å². The van der Waals surface area contributed by atoms with Crippen LogP contribution in [0.4, 0.5) is 17.1 Å². The second kappa shape index (κ2) is 8.72. The lowest BCUT2D eigenvalue weighted by Crippen LogP contribution is -2.14. The number of nitrogens with one attached hydrogen (secondary N) is 2. The monoisotopic (exact) mass is 429 g/mol. The van der Waals surface area contributed by atoms with E-state index in [2.05, 4.69) is 10.6 Å². The Morgan fingerprint density at radius 2 is 1.34 bits per heavy atom. The number of amides is 2. The fourth-order valence-corrected chi connectivity index (χ4v) is 2.94. The third-order valence-corrected chi connectivity index (χ3v) is 4.46. The number of hydrogen-bond donors (Lipinski definition) is 2. The molecule has 0 saturated carbocycles. The minimum Gasteiger partial charge on any atom is -0.322 e. The highest BCUT2D eigenvalue weighted by Gasteiger charge is 2.12. The Labute approximate surface area is 175 Å². The predicted octanol–water partition coefficient (Wildman–Crippen LogP) is 5.41. The van der Waals surface area contributed by atoms with Crippen LogP contribution in [-0.4, -0.2) is 16.7 Å². The molecular formula is C20H13Cl2N3O4. The Morgan fingerprint density at radius 3 is 1.90 bits per heavy atom. The number of nitrogens with zero attached hydrogens (tertiary/aromatic N) is 1. The Hall–Kier alpha value is -3.42. The molecule has 0 spiro atoms. The van der Waals surface area contributed by atoms with Crippen LogP contribution >= 0.6 is 23.2 Å². The first kappa shape index (κ1) is 20.3. The molecule has 0 fully saturated rings. The summed E-state index contributed by atoms with van der Waals surface area (Å²) in [5, 5.41) is 16.7. The summed E-state index contributed by atoms with van der Waals surface area (Å²) in [6.07, 6.45) is 0. The molecule has 0 unspecified atom stereocenters. The van der Waals surface area contributed by atoms with Gasteiger partial charge in [-0.05, 0) is 54.6 Å². The van der Waals surface area contributed by atoms with E-state index in [4.69, 9.17) is 23.2 Å². The van der Waals surface area contributed by atoms with Crippen molar-refractivity contribution in [2.45, 2.75) is 0 Å². The van der Waals surface area contributed by atoms with Crippen molar-refractivity contribution >= 4 is 52.1 Å². The van der Waals surface area contributed by atoms with Crippen molar-refractivity contribution in [1.29, 1.82) is 0 Å². The molecule has 29 heavy (non-hydrogen) atoms. The number of rotatable bonds is 5. The maximum atomic E-state index is 12.3. The van der Waals surface area contributed by atoms with Crippen LogP contribution in [0.25, 0.3) is 0 Å². The van der Waals surface area contributed by atoms with Gasteiger partial charge in [-0.1, -0.05) is 23.2 Å². The molecule has 7 nitrogen and oxygen atoms in total. The zero-order valence-electron chi connectivity index (χ0n) is 14.7. The molecule has 0 aromatic heterocycles. The Morgan fingerprint density at radius 1 is 0.793 bits per heavy atom. The van der Waals surface area contributed by atoms with Gasteiger partial charge >= 0.3 is 0 Å². The molecule has 0 heterocycles. The van der Waals surface area contributed by atoms with Gasteiger partial charge in [0.05, 0.1) is 15.5 Å². The Balaban J connectivity index is 1.65. The maximum absolute atomic E-state index is 12.3. The van der Waals surface area contributed by atoms with Gasteiger partial charge < -0.3 is 10.6 Å². The zero-order valence-corrected chi connectivity index (χ0v) is 16.2. The van der Waals surface area contributed by atoms with Gasteiger partial charge in [0.25, 0.3) is 17.5 Å². The first-order chi connectivity index (χ1) is 13.8. The molecule has 146 valence electrons. The molecule has 0 bridgehead atoms. The maximum Gasteiger partial charge on any atom is 0.269 e. The van der Waals surface area contributed by atoms with Gasteiger partial charge in [-0.3, -0.25) is 19.7 Å². The van der Waals surface area contributed by atoms with Gasteiger partial charge in [-0.25, -0.2) is 0 Å². The molecule has 0 radical (unpaired) electrons.